The van der Waals surface area contributed by atoms with Crippen LogP contribution in [0.3, 0.4) is 0 Å². The lowest BCUT2D eigenvalue weighted by Gasteiger charge is -2.18. The van der Waals surface area contributed by atoms with Gasteiger partial charge in [0.2, 0.25) is 0 Å². The molecular weight excluding hydrogens is 276 g/mol. The van der Waals surface area contributed by atoms with Crippen molar-refractivity contribution < 1.29 is 13.5 Å². The fraction of sp³-hybridized carbons (Fsp3) is 0.143. The number of hydrogen-bond acceptors (Lipinski definition) is 4. The van der Waals surface area contributed by atoms with E-state index in [1.807, 2.05) is 31.1 Å². The van der Waals surface area contributed by atoms with Crippen molar-refractivity contribution >= 4 is 21.4 Å². The lowest BCUT2D eigenvalue weighted by molar-refractivity contribution is 0.475. The summed E-state index contributed by atoms with van der Waals surface area (Å²) in [4.78, 5) is 1.93. The molecule has 0 aliphatic carbocycles. The molecule has 106 valence electrons. The molecule has 0 amide bonds. The van der Waals surface area contributed by atoms with Crippen molar-refractivity contribution in [3.63, 3.8) is 0 Å². The van der Waals surface area contributed by atoms with Crippen LogP contribution in [-0.2, 0) is 10.0 Å². The largest absolute Gasteiger partial charge is 0.508 e. The van der Waals surface area contributed by atoms with Crippen LogP contribution < -0.4 is 9.62 Å². The first-order valence-electron chi connectivity index (χ1n) is 5.98. The topological polar surface area (TPSA) is 69.6 Å². The number of phenolic OH excluding ortho intramolecular Hbond substituents is 1. The maximum absolute atomic E-state index is 12.3. The van der Waals surface area contributed by atoms with Crippen LogP contribution in [0.25, 0.3) is 0 Å². The predicted molar refractivity (Wildman–Crippen MR) is 79.7 cm³/mol. The van der Waals surface area contributed by atoms with Crippen molar-refractivity contribution in [2.24, 2.45) is 0 Å². The Morgan fingerprint density at radius 1 is 1.00 bits per heavy atom. The molecule has 20 heavy (non-hydrogen) atoms. The smallest absolute Gasteiger partial charge is 0.261 e. The van der Waals surface area contributed by atoms with Gasteiger partial charge in [-0.1, -0.05) is 12.1 Å². The van der Waals surface area contributed by atoms with Crippen molar-refractivity contribution in [2.45, 2.75) is 4.90 Å². The molecule has 0 aliphatic heterocycles. The van der Waals surface area contributed by atoms with E-state index in [0.717, 1.165) is 5.69 Å². The number of phenols is 1. The third kappa shape index (κ3) is 3.03. The summed E-state index contributed by atoms with van der Waals surface area (Å²) >= 11 is 0. The molecule has 6 heteroatoms. The molecule has 0 heterocycles. The van der Waals surface area contributed by atoms with Crippen LogP contribution in [0.15, 0.2) is 53.4 Å². The minimum Gasteiger partial charge on any atom is -0.508 e. The van der Waals surface area contributed by atoms with Gasteiger partial charge >= 0.3 is 0 Å². The Labute approximate surface area is 118 Å². The highest BCUT2D eigenvalue weighted by atomic mass is 32.2. The van der Waals surface area contributed by atoms with Crippen molar-refractivity contribution in [2.75, 3.05) is 23.7 Å². The van der Waals surface area contributed by atoms with Crippen molar-refractivity contribution in [1.29, 1.82) is 0 Å². The van der Waals surface area contributed by atoms with E-state index in [4.69, 9.17) is 0 Å². The number of anilines is 2. The SMILES string of the molecule is CN(C)c1ccccc1NS(=O)(=O)c1ccc(O)cc1. The van der Waals surface area contributed by atoms with Gasteiger partial charge in [0.25, 0.3) is 10.0 Å². The van der Waals surface area contributed by atoms with Gasteiger partial charge in [-0.05, 0) is 36.4 Å². The number of nitrogens with zero attached hydrogens (tertiary/aromatic N) is 1. The zero-order valence-corrected chi connectivity index (χ0v) is 12.1. The van der Waals surface area contributed by atoms with Gasteiger partial charge in [-0.15, -0.1) is 0 Å². The third-order valence-corrected chi connectivity index (χ3v) is 4.16. The molecular formula is C14H16N2O3S. The Morgan fingerprint density at radius 3 is 2.20 bits per heavy atom. The van der Waals surface area contributed by atoms with Crippen molar-refractivity contribution in [1.82, 2.24) is 0 Å². The zero-order chi connectivity index (χ0) is 14.8. The highest BCUT2D eigenvalue weighted by molar-refractivity contribution is 7.92. The molecule has 0 aromatic heterocycles. The minimum absolute atomic E-state index is 0.0256. The summed E-state index contributed by atoms with van der Waals surface area (Å²) in [5, 5.41) is 9.21. The quantitative estimate of drug-likeness (QED) is 0.907. The van der Waals surface area contributed by atoms with Gasteiger partial charge in [0, 0.05) is 14.1 Å². The molecule has 0 saturated carbocycles. The second-order valence-corrected chi connectivity index (χ2v) is 6.19. The summed E-state index contributed by atoms with van der Waals surface area (Å²) in [5.41, 5.74) is 1.28. The van der Waals surface area contributed by atoms with Gasteiger partial charge in [-0.3, -0.25) is 4.72 Å². The molecule has 0 radical (unpaired) electrons. The molecule has 0 spiro atoms. The van der Waals surface area contributed by atoms with Gasteiger partial charge < -0.3 is 10.0 Å². The summed E-state index contributed by atoms with van der Waals surface area (Å²) in [6, 6.07) is 12.5. The van der Waals surface area contributed by atoms with E-state index in [1.54, 1.807) is 12.1 Å². The molecule has 2 aromatic carbocycles. The van der Waals surface area contributed by atoms with E-state index >= 15 is 0 Å². The third-order valence-electron chi connectivity index (χ3n) is 2.78. The summed E-state index contributed by atoms with van der Waals surface area (Å²) in [6.07, 6.45) is 0. The summed E-state index contributed by atoms with van der Waals surface area (Å²) < 4.78 is 27.1. The van der Waals surface area contributed by atoms with Gasteiger partial charge in [0.05, 0.1) is 16.3 Å². The summed E-state index contributed by atoms with van der Waals surface area (Å²) in [5.74, 6) is 0.0256. The molecule has 0 atom stereocenters. The normalized spacial score (nSPS) is 11.1. The molecule has 0 unspecified atom stereocenters. The molecule has 2 rings (SSSR count). The van der Waals surface area contributed by atoms with E-state index in [1.165, 1.54) is 24.3 Å². The number of rotatable bonds is 4. The number of para-hydroxylation sites is 2. The van der Waals surface area contributed by atoms with Gasteiger partial charge in [0.15, 0.2) is 0 Å². The molecule has 5 nitrogen and oxygen atoms in total. The molecule has 2 N–H and O–H groups in total. The lowest BCUT2D eigenvalue weighted by atomic mass is 10.2. The average Bonchev–Trinajstić information content (AvgIpc) is 2.39. The first kappa shape index (κ1) is 14.2. The predicted octanol–water partition coefficient (Wildman–Crippen LogP) is 2.26. The van der Waals surface area contributed by atoms with E-state index in [9.17, 15) is 13.5 Å². The second kappa shape index (κ2) is 5.42. The van der Waals surface area contributed by atoms with Crippen LogP contribution in [0.4, 0.5) is 11.4 Å². The van der Waals surface area contributed by atoms with Gasteiger partial charge in [-0.2, -0.15) is 0 Å². The standard InChI is InChI=1S/C14H16N2O3S/c1-16(2)14-6-4-3-5-13(14)15-20(18,19)12-9-7-11(17)8-10-12/h3-10,15,17H,1-2H3. The first-order valence-corrected chi connectivity index (χ1v) is 7.47. The monoisotopic (exact) mass is 292 g/mol. The van der Waals surface area contributed by atoms with E-state index in [-0.39, 0.29) is 10.6 Å². The Morgan fingerprint density at radius 2 is 1.60 bits per heavy atom. The maximum atomic E-state index is 12.3. The fourth-order valence-electron chi connectivity index (χ4n) is 1.78. The van der Waals surface area contributed by atoms with Gasteiger partial charge in [0.1, 0.15) is 5.75 Å². The number of hydrogen-bond donors (Lipinski definition) is 2. The van der Waals surface area contributed by atoms with Gasteiger partial charge in [-0.25, -0.2) is 8.42 Å². The fourth-order valence-corrected chi connectivity index (χ4v) is 2.85. The molecule has 0 bridgehead atoms. The summed E-state index contributed by atoms with van der Waals surface area (Å²) in [7, 11) is 0.00803. The molecule has 2 aromatic rings. The van der Waals surface area contributed by atoms with Crippen molar-refractivity contribution in [3.05, 3.63) is 48.5 Å². The molecule has 0 fully saturated rings. The molecule has 0 saturated heterocycles. The van der Waals surface area contributed by atoms with Crippen LogP contribution in [0.1, 0.15) is 0 Å². The highest BCUT2D eigenvalue weighted by Crippen LogP contribution is 2.26. The van der Waals surface area contributed by atoms with Crippen LogP contribution in [0.5, 0.6) is 5.75 Å². The van der Waals surface area contributed by atoms with E-state index in [0.29, 0.717) is 5.69 Å². The van der Waals surface area contributed by atoms with Crippen LogP contribution in [0.2, 0.25) is 0 Å². The minimum atomic E-state index is -3.67. The molecule has 0 aliphatic rings. The average molecular weight is 292 g/mol. The second-order valence-electron chi connectivity index (χ2n) is 4.51. The number of sulfonamides is 1. The Balaban J connectivity index is 2.36. The van der Waals surface area contributed by atoms with Crippen LogP contribution >= 0.6 is 0 Å². The number of benzene rings is 2. The lowest BCUT2D eigenvalue weighted by Crippen LogP contribution is -2.17. The zero-order valence-electron chi connectivity index (χ0n) is 11.2. The Kier molecular flexibility index (Phi) is 3.85. The number of nitrogens with one attached hydrogen (secondary N) is 1. The highest BCUT2D eigenvalue weighted by Gasteiger charge is 2.16. The van der Waals surface area contributed by atoms with Crippen LogP contribution in [0, 0.1) is 0 Å². The van der Waals surface area contributed by atoms with E-state index in [2.05, 4.69) is 4.72 Å². The van der Waals surface area contributed by atoms with E-state index < -0.39 is 10.0 Å². The first-order chi connectivity index (χ1) is 9.40. The van der Waals surface area contributed by atoms with Crippen molar-refractivity contribution in [3.8, 4) is 5.75 Å². The Hall–Kier alpha value is -2.21. The number of aromatic hydroxyl groups is 1. The Bertz CT molecular complexity index is 695. The van der Waals surface area contributed by atoms with Crippen LogP contribution in [-0.4, -0.2) is 27.6 Å². The summed E-state index contributed by atoms with van der Waals surface area (Å²) in [6.45, 7) is 0. The maximum Gasteiger partial charge on any atom is 0.261 e.